The van der Waals surface area contributed by atoms with Gasteiger partial charge in [0.05, 0.1) is 0 Å². The predicted molar refractivity (Wildman–Crippen MR) is 113 cm³/mol. The summed E-state index contributed by atoms with van der Waals surface area (Å²) in [5, 5.41) is 0. The average molecular weight is 425 g/mol. The van der Waals surface area contributed by atoms with Crippen molar-refractivity contribution in [1.29, 1.82) is 0 Å². The summed E-state index contributed by atoms with van der Waals surface area (Å²) in [4.78, 5) is 24.2. The fourth-order valence-corrected chi connectivity index (χ4v) is 8.36. The maximum absolute atomic E-state index is 12.3. The molecule has 0 N–H and O–H groups in total. The van der Waals surface area contributed by atoms with E-state index in [1.54, 1.807) is 13.8 Å². The monoisotopic (exact) mass is 424 g/mol. The third-order valence-electron chi connectivity index (χ3n) is 9.63. The highest BCUT2D eigenvalue weighted by Gasteiger charge is 2.60. The summed E-state index contributed by atoms with van der Waals surface area (Å²) in [6.07, 6.45) is 9.57. The molecule has 4 nitrogen and oxygen atoms in total. The van der Waals surface area contributed by atoms with Gasteiger partial charge in [-0.3, -0.25) is 4.79 Å². The fourth-order valence-electron chi connectivity index (χ4n) is 8.29. The lowest BCUT2D eigenvalue weighted by Crippen LogP contribution is -2.54. The van der Waals surface area contributed by atoms with E-state index < -0.39 is 11.7 Å². The summed E-state index contributed by atoms with van der Waals surface area (Å²) in [7, 11) is 0. The lowest BCUT2D eigenvalue weighted by Gasteiger charge is -2.61. The molecule has 5 heteroatoms. The molecule has 0 aromatic rings. The second kappa shape index (κ2) is 7.73. The van der Waals surface area contributed by atoms with Crippen molar-refractivity contribution in [1.82, 2.24) is 0 Å². The van der Waals surface area contributed by atoms with E-state index >= 15 is 0 Å². The summed E-state index contributed by atoms with van der Waals surface area (Å²) >= 11 is 5.74. The lowest BCUT2D eigenvalue weighted by atomic mass is 9.44. The highest BCUT2D eigenvalue weighted by atomic mass is 35.5. The number of fused-ring (bicyclic) bond motifs is 5. The predicted octanol–water partition coefficient (Wildman–Crippen LogP) is 6.34. The van der Waals surface area contributed by atoms with E-state index in [0.717, 1.165) is 37.5 Å². The Balaban J connectivity index is 1.45. The van der Waals surface area contributed by atoms with Gasteiger partial charge in [0.1, 0.15) is 11.9 Å². The van der Waals surface area contributed by atoms with Gasteiger partial charge in [0.2, 0.25) is 0 Å². The summed E-state index contributed by atoms with van der Waals surface area (Å²) in [6, 6.07) is 0. The van der Waals surface area contributed by atoms with E-state index in [1.807, 2.05) is 0 Å². The van der Waals surface area contributed by atoms with Gasteiger partial charge in [-0.05, 0) is 106 Å². The van der Waals surface area contributed by atoms with Crippen LogP contribution in [0.25, 0.3) is 0 Å². The molecule has 4 aliphatic rings. The van der Waals surface area contributed by atoms with Gasteiger partial charge >= 0.3 is 6.16 Å². The van der Waals surface area contributed by atoms with Crippen LogP contribution in [-0.4, -0.2) is 23.6 Å². The first-order valence-electron chi connectivity index (χ1n) is 11.7. The molecule has 0 aliphatic heterocycles. The molecule has 0 radical (unpaired) electrons. The maximum Gasteiger partial charge on any atom is 0.510 e. The van der Waals surface area contributed by atoms with Crippen LogP contribution in [0.15, 0.2) is 0 Å². The second-order valence-electron chi connectivity index (χ2n) is 10.9. The molecule has 0 bridgehead atoms. The molecule has 4 fully saturated rings. The van der Waals surface area contributed by atoms with Crippen LogP contribution in [0.2, 0.25) is 0 Å². The Morgan fingerprint density at radius 2 is 1.66 bits per heavy atom. The number of ketones is 1. The molecule has 0 amide bonds. The Bertz CT molecular complexity index is 663. The van der Waals surface area contributed by atoms with E-state index in [-0.39, 0.29) is 17.4 Å². The number of alkyl halides is 1. The Morgan fingerprint density at radius 1 is 0.966 bits per heavy atom. The zero-order chi connectivity index (χ0) is 21.0. The molecule has 0 aromatic heterocycles. The molecular formula is C24H37ClO4. The molecule has 0 aromatic carbocycles. The van der Waals surface area contributed by atoms with Crippen LogP contribution < -0.4 is 0 Å². The van der Waals surface area contributed by atoms with Crippen molar-refractivity contribution >= 4 is 23.5 Å². The number of carbonyl (C=O) groups is 2. The summed E-state index contributed by atoms with van der Waals surface area (Å²) < 4.78 is 10.5. The van der Waals surface area contributed by atoms with Gasteiger partial charge < -0.3 is 9.47 Å². The van der Waals surface area contributed by atoms with Crippen molar-refractivity contribution in [3.05, 3.63) is 0 Å². The molecule has 9 atom stereocenters. The van der Waals surface area contributed by atoms with E-state index in [1.165, 1.54) is 32.1 Å². The molecular weight excluding hydrogens is 388 g/mol. The quantitative estimate of drug-likeness (QED) is 0.391. The van der Waals surface area contributed by atoms with Crippen LogP contribution in [0, 0.1) is 40.4 Å². The first kappa shape index (κ1) is 21.5. The first-order chi connectivity index (χ1) is 13.6. The minimum absolute atomic E-state index is 0.0463. The number of halogens is 1. The standard InChI is InChI=1S/C24H37ClO4/c1-14(26)19-7-8-20-18-6-5-16-13-17(29-22(27)28-15(2)25)9-11-23(16,3)21(18)10-12-24(19,20)4/h15-21H,5-13H2,1-4H3/t15?,16-,17+,18-,19+,20-,21-,23?,24?/m0/s1. The molecule has 0 saturated heterocycles. The van der Waals surface area contributed by atoms with E-state index in [2.05, 4.69) is 13.8 Å². The van der Waals surface area contributed by atoms with Crippen LogP contribution >= 0.6 is 11.6 Å². The average Bonchev–Trinajstić information content (AvgIpc) is 2.98. The van der Waals surface area contributed by atoms with E-state index in [4.69, 9.17) is 21.1 Å². The Morgan fingerprint density at radius 3 is 2.34 bits per heavy atom. The third kappa shape index (κ3) is 3.62. The molecule has 4 saturated carbocycles. The summed E-state index contributed by atoms with van der Waals surface area (Å²) in [6.45, 7) is 8.35. The largest absolute Gasteiger partial charge is 0.510 e. The van der Waals surface area contributed by atoms with Crippen LogP contribution in [0.4, 0.5) is 4.79 Å². The van der Waals surface area contributed by atoms with Gasteiger partial charge in [-0.15, -0.1) is 0 Å². The zero-order valence-electron chi connectivity index (χ0n) is 18.4. The van der Waals surface area contributed by atoms with Gasteiger partial charge in [-0.25, -0.2) is 4.79 Å². The second-order valence-corrected chi connectivity index (χ2v) is 11.5. The van der Waals surface area contributed by atoms with Crippen molar-refractivity contribution < 1.29 is 19.1 Å². The third-order valence-corrected chi connectivity index (χ3v) is 9.72. The van der Waals surface area contributed by atoms with Gasteiger partial charge in [-0.1, -0.05) is 25.4 Å². The van der Waals surface area contributed by atoms with Gasteiger partial charge in [0.15, 0.2) is 5.56 Å². The van der Waals surface area contributed by atoms with Crippen LogP contribution in [0.1, 0.15) is 85.5 Å². The molecule has 0 spiro atoms. The van der Waals surface area contributed by atoms with Crippen molar-refractivity contribution in [2.75, 3.05) is 0 Å². The Labute approximate surface area is 180 Å². The lowest BCUT2D eigenvalue weighted by molar-refractivity contribution is -0.140. The van der Waals surface area contributed by atoms with Crippen molar-refractivity contribution in [3.8, 4) is 0 Å². The number of carbonyl (C=O) groups excluding carboxylic acids is 2. The minimum Gasteiger partial charge on any atom is -0.431 e. The molecule has 164 valence electrons. The Kier molecular flexibility index (Phi) is 5.72. The topological polar surface area (TPSA) is 52.6 Å². The number of Topliss-reactive ketones (excluding diaryl/α,β-unsaturated/α-hetero) is 1. The normalized spacial score (nSPS) is 47.3. The van der Waals surface area contributed by atoms with Gasteiger partial charge in [0, 0.05) is 5.92 Å². The molecule has 29 heavy (non-hydrogen) atoms. The Hall–Kier alpha value is -0.770. The highest BCUT2D eigenvalue weighted by Crippen LogP contribution is 2.67. The SMILES string of the molecule is CC(=O)[C@H]1CC[C@H]2[C@@H]3CC[C@H]4C[C@H](OC(=O)OC(C)Cl)CCC4(C)[C@H]3CCC12C. The summed E-state index contributed by atoms with van der Waals surface area (Å²) in [5.74, 6) is 3.52. The number of ether oxygens (including phenoxy) is 2. The van der Waals surface area contributed by atoms with Crippen LogP contribution in [-0.2, 0) is 14.3 Å². The first-order valence-corrected chi connectivity index (χ1v) is 12.1. The number of rotatable bonds is 3. The van der Waals surface area contributed by atoms with Crippen molar-refractivity contribution in [2.24, 2.45) is 40.4 Å². The van der Waals surface area contributed by atoms with Gasteiger partial charge in [-0.2, -0.15) is 0 Å². The molecule has 4 aliphatic carbocycles. The summed E-state index contributed by atoms with van der Waals surface area (Å²) in [5.41, 5.74) is -0.103. The fraction of sp³-hybridized carbons (Fsp3) is 0.917. The zero-order valence-corrected chi connectivity index (χ0v) is 19.2. The highest BCUT2D eigenvalue weighted by molar-refractivity contribution is 6.19. The van der Waals surface area contributed by atoms with E-state index in [0.29, 0.717) is 23.0 Å². The van der Waals surface area contributed by atoms with Crippen LogP contribution in [0.3, 0.4) is 0 Å². The van der Waals surface area contributed by atoms with Crippen molar-refractivity contribution in [3.63, 3.8) is 0 Å². The number of hydrogen-bond donors (Lipinski definition) is 0. The number of hydrogen-bond acceptors (Lipinski definition) is 4. The maximum atomic E-state index is 12.3. The molecule has 4 rings (SSSR count). The van der Waals surface area contributed by atoms with Gasteiger partial charge in [0.25, 0.3) is 0 Å². The van der Waals surface area contributed by atoms with Crippen LogP contribution in [0.5, 0.6) is 0 Å². The minimum atomic E-state index is -0.659. The molecule has 3 unspecified atom stereocenters. The smallest absolute Gasteiger partial charge is 0.431 e. The molecule has 0 heterocycles. The van der Waals surface area contributed by atoms with E-state index in [9.17, 15) is 9.59 Å². The van der Waals surface area contributed by atoms with Crippen molar-refractivity contribution in [2.45, 2.75) is 97.1 Å².